The fraction of sp³-hybridized carbons (Fsp3) is 0.500. The Kier molecular flexibility index (Phi) is 4.09. The van der Waals surface area contributed by atoms with Crippen LogP contribution in [0.2, 0.25) is 0 Å². The SMILES string of the molecule is CCC(F)(CN)Cc1cccc(OC)c1. The maximum atomic E-state index is 14.0. The first-order valence-electron chi connectivity index (χ1n) is 5.15. The molecule has 0 radical (unpaired) electrons. The second-order valence-electron chi connectivity index (χ2n) is 3.74. The Labute approximate surface area is 90.2 Å². The lowest BCUT2D eigenvalue weighted by Gasteiger charge is -2.21. The standard InChI is InChI=1S/C12H18FNO/c1-3-12(13,9-14)8-10-5-4-6-11(7-10)15-2/h4-7H,3,8-9,14H2,1-2H3. The smallest absolute Gasteiger partial charge is 0.126 e. The van der Waals surface area contributed by atoms with Crippen molar-refractivity contribution in [1.29, 1.82) is 0 Å². The highest BCUT2D eigenvalue weighted by atomic mass is 19.1. The molecule has 1 aromatic carbocycles. The van der Waals surface area contributed by atoms with Gasteiger partial charge in [0.1, 0.15) is 11.4 Å². The quantitative estimate of drug-likeness (QED) is 0.811. The van der Waals surface area contributed by atoms with Gasteiger partial charge in [-0.3, -0.25) is 0 Å². The van der Waals surface area contributed by atoms with Gasteiger partial charge in [0, 0.05) is 13.0 Å². The molecule has 0 saturated carbocycles. The third-order valence-corrected chi connectivity index (χ3v) is 2.65. The predicted octanol–water partition coefficient (Wildman–Crippen LogP) is 2.31. The number of methoxy groups -OCH3 is 1. The van der Waals surface area contributed by atoms with Crippen molar-refractivity contribution < 1.29 is 9.13 Å². The van der Waals surface area contributed by atoms with Gasteiger partial charge in [-0.05, 0) is 24.1 Å². The molecule has 0 aromatic heterocycles. The van der Waals surface area contributed by atoms with E-state index < -0.39 is 5.67 Å². The van der Waals surface area contributed by atoms with Crippen molar-refractivity contribution in [2.75, 3.05) is 13.7 Å². The van der Waals surface area contributed by atoms with Crippen LogP contribution >= 0.6 is 0 Å². The molecule has 0 bridgehead atoms. The molecule has 0 aliphatic carbocycles. The molecule has 1 unspecified atom stereocenters. The van der Waals surface area contributed by atoms with Crippen LogP contribution in [0.5, 0.6) is 5.75 Å². The van der Waals surface area contributed by atoms with Crippen LogP contribution < -0.4 is 10.5 Å². The summed E-state index contributed by atoms with van der Waals surface area (Å²) in [5.74, 6) is 0.753. The Bertz CT molecular complexity index is 310. The average molecular weight is 211 g/mol. The summed E-state index contributed by atoms with van der Waals surface area (Å²) in [4.78, 5) is 0. The number of hydrogen-bond acceptors (Lipinski definition) is 2. The summed E-state index contributed by atoms with van der Waals surface area (Å²) >= 11 is 0. The van der Waals surface area contributed by atoms with E-state index in [2.05, 4.69) is 0 Å². The van der Waals surface area contributed by atoms with Crippen molar-refractivity contribution in [3.05, 3.63) is 29.8 Å². The third kappa shape index (κ3) is 3.20. The second kappa shape index (κ2) is 5.12. The number of ether oxygens (including phenoxy) is 1. The zero-order chi connectivity index (χ0) is 11.3. The van der Waals surface area contributed by atoms with E-state index >= 15 is 0 Å². The Hall–Kier alpha value is -1.09. The molecular weight excluding hydrogens is 193 g/mol. The van der Waals surface area contributed by atoms with E-state index in [0.29, 0.717) is 12.8 Å². The van der Waals surface area contributed by atoms with Crippen LogP contribution in [-0.2, 0) is 6.42 Å². The van der Waals surface area contributed by atoms with Crippen LogP contribution in [0.25, 0.3) is 0 Å². The number of halogens is 1. The average Bonchev–Trinajstić information content (AvgIpc) is 2.29. The van der Waals surface area contributed by atoms with Gasteiger partial charge in [0.25, 0.3) is 0 Å². The molecule has 0 spiro atoms. The summed E-state index contributed by atoms with van der Waals surface area (Å²) in [6.07, 6.45) is 0.776. The highest BCUT2D eigenvalue weighted by Gasteiger charge is 2.25. The molecule has 0 aliphatic rings. The molecule has 1 aromatic rings. The lowest BCUT2D eigenvalue weighted by atomic mass is 9.94. The van der Waals surface area contributed by atoms with Crippen LogP contribution in [0.1, 0.15) is 18.9 Å². The lowest BCUT2D eigenvalue weighted by Crippen LogP contribution is -2.34. The molecule has 2 N–H and O–H groups in total. The van der Waals surface area contributed by atoms with Crippen molar-refractivity contribution in [2.45, 2.75) is 25.4 Å². The molecule has 2 nitrogen and oxygen atoms in total. The summed E-state index contributed by atoms with van der Waals surface area (Å²) in [6, 6.07) is 7.44. The molecule has 84 valence electrons. The van der Waals surface area contributed by atoms with Gasteiger partial charge in [-0.1, -0.05) is 19.1 Å². The van der Waals surface area contributed by atoms with Gasteiger partial charge in [0.05, 0.1) is 7.11 Å². The monoisotopic (exact) mass is 211 g/mol. The Balaban J connectivity index is 2.79. The molecule has 1 atom stereocenters. The van der Waals surface area contributed by atoms with E-state index in [9.17, 15) is 4.39 Å². The molecule has 0 saturated heterocycles. The summed E-state index contributed by atoms with van der Waals surface area (Å²) in [7, 11) is 1.60. The Morgan fingerprint density at radius 2 is 2.20 bits per heavy atom. The van der Waals surface area contributed by atoms with E-state index in [4.69, 9.17) is 10.5 Å². The number of hydrogen-bond donors (Lipinski definition) is 1. The second-order valence-corrected chi connectivity index (χ2v) is 3.74. The normalized spacial score (nSPS) is 14.7. The van der Waals surface area contributed by atoms with Crippen LogP contribution in [0.15, 0.2) is 24.3 Å². The van der Waals surface area contributed by atoms with E-state index in [1.165, 1.54) is 0 Å². The minimum Gasteiger partial charge on any atom is -0.497 e. The van der Waals surface area contributed by atoms with Gasteiger partial charge < -0.3 is 10.5 Å². The highest BCUT2D eigenvalue weighted by molar-refractivity contribution is 5.29. The van der Waals surface area contributed by atoms with Crippen molar-refractivity contribution in [3.63, 3.8) is 0 Å². The van der Waals surface area contributed by atoms with Gasteiger partial charge >= 0.3 is 0 Å². The van der Waals surface area contributed by atoms with E-state index in [0.717, 1.165) is 11.3 Å². The van der Waals surface area contributed by atoms with Crippen LogP contribution in [0.4, 0.5) is 4.39 Å². The van der Waals surface area contributed by atoms with E-state index in [1.54, 1.807) is 7.11 Å². The maximum absolute atomic E-state index is 14.0. The van der Waals surface area contributed by atoms with E-state index in [1.807, 2.05) is 31.2 Å². The molecule has 0 heterocycles. The fourth-order valence-electron chi connectivity index (χ4n) is 1.49. The zero-order valence-corrected chi connectivity index (χ0v) is 9.29. The summed E-state index contributed by atoms with van der Waals surface area (Å²) in [6.45, 7) is 1.87. The van der Waals surface area contributed by atoms with Gasteiger partial charge in [-0.25, -0.2) is 4.39 Å². The van der Waals surface area contributed by atoms with Gasteiger partial charge in [-0.15, -0.1) is 0 Å². The Morgan fingerprint density at radius 1 is 1.47 bits per heavy atom. The first-order valence-corrected chi connectivity index (χ1v) is 5.15. The summed E-state index contributed by atoms with van der Waals surface area (Å²) < 4.78 is 19.1. The van der Waals surface area contributed by atoms with Crippen LogP contribution in [0.3, 0.4) is 0 Å². The summed E-state index contributed by atoms with van der Waals surface area (Å²) in [5.41, 5.74) is 5.05. The molecule has 0 amide bonds. The van der Waals surface area contributed by atoms with Crippen LogP contribution in [0, 0.1) is 0 Å². The van der Waals surface area contributed by atoms with Gasteiger partial charge in [-0.2, -0.15) is 0 Å². The molecule has 3 heteroatoms. The van der Waals surface area contributed by atoms with Gasteiger partial charge in [0.2, 0.25) is 0 Å². The van der Waals surface area contributed by atoms with Crippen LogP contribution in [-0.4, -0.2) is 19.3 Å². The minimum absolute atomic E-state index is 0.0563. The van der Waals surface area contributed by atoms with Crippen molar-refractivity contribution in [3.8, 4) is 5.75 Å². The number of rotatable bonds is 5. The Morgan fingerprint density at radius 3 is 2.73 bits per heavy atom. The third-order valence-electron chi connectivity index (χ3n) is 2.65. The number of nitrogens with two attached hydrogens (primary N) is 1. The highest BCUT2D eigenvalue weighted by Crippen LogP contribution is 2.23. The van der Waals surface area contributed by atoms with Crippen molar-refractivity contribution in [1.82, 2.24) is 0 Å². The first kappa shape index (κ1) is 12.0. The van der Waals surface area contributed by atoms with Crippen molar-refractivity contribution >= 4 is 0 Å². The molecular formula is C12H18FNO. The zero-order valence-electron chi connectivity index (χ0n) is 9.29. The topological polar surface area (TPSA) is 35.2 Å². The fourth-order valence-corrected chi connectivity index (χ4v) is 1.49. The molecule has 15 heavy (non-hydrogen) atoms. The lowest BCUT2D eigenvalue weighted by molar-refractivity contribution is 0.167. The largest absolute Gasteiger partial charge is 0.497 e. The first-order chi connectivity index (χ1) is 7.13. The minimum atomic E-state index is -1.30. The summed E-state index contributed by atoms with van der Waals surface area (Å²) in [5, 5.41) is 0. The molecule has 1 rings (SSSR count). The molecule has 0 fully saturated rings. The van der Waals surface area contributed by atoms with Gasteiger partial charge in [0.15, 0.2) is 0 Å². The number of alkyl halides is 1. The number of benzene rings is 1. The molecule has 0 aliphatic heterocycles. The van der Waals surface area contributed by atoms with E-state index in [-0.39, 0.29) is 6.54 Å². The van der Waals surface area contributed by atoms with Crippen molar-refractivity contribution in [2.24, 2.45) is 5.73 Å². The predicted molar refractivity (Wildman–Crippen MR) is 59.9 cm³/mol. The maximum Gasteiger partial charge on any atom is 0.126 e.